The van der Waals surface area contributed by atoms with Crippen molar-refractivity contribution in [2.75, 3.05) is 18.9 Å². The number of aliphatic hydroxyl groups excluding tert-OH is 1. The first kappa shape index (κ1) is 15.5. The van der Waals surface area contributed by atoms with Gasteiger partial charge in [-0.05, 0) is 30.0 Å². The highest BCUT2D eigenvalue weighted by atomic mass is 16.3. The average Bonchev–Trinajstić information content (AvgIpc) is 3.14. The van der Waals surface area contributed by atoms with E-state index in [-0.39, 0.29) is 24.4 Å². The molecule has 3 rings (SSSR count). The first-order valence-corrected chi connectivity index (χ1v) is 7.58. The van der Waals surface area contributed by atoms with Gasteiger partial charge in [0.25, 0.3) is 0 Å². The Morgan fingerprint density at radius 3 is 2.91 bits per heavy atom. The van der Waals surface area contributed by atoms with Crippen LogP contribution in [0.2, 0.25) is 0 Å². The number of rotatable bonds is 4. The molecular weight excluding hydrogens is 296 g/mol. The Balaban J connectivity index is 1.77. The van der Waals surface area contributed by atoms with Gasteiger partial charge in [-0.25, -0.2) is 0 Å². The van der Waals surface area contributed by atoms with Gasteiger partial charge in [0.2, 0.25) is 11.8 Å². The summed E-state index contributed by atoms with van der Waals surface area (Å²) in [5.41, 5.74) is 1.55. The molecule has 0 bridgehead atoms. The average molecular weight is 316 g/mol. The van der Waals surface area contributed by atoms with Crippen LogP contribution in [0.25, 0.3) is 10.9 Å². The van der Waals surface area contributed by atoms with Crippen molar-refractivity contribution >= 4 is 28.4 Å². The molecule has 2 heterocycles. The van der Waals surface area contributed by atoms with E-state index in [2.05, 4.69) is 16.0 Å². The molecule has 122 valence electrons. The van der Waals surface area contributed by atoms with Crippen molar-refractivity contribution in [2.24, 2.45) is 0 Å². The Morgan fingerprint density at radius 2 is 2.22 bits per heavy atom. The summed E-state index contributed by atoms with van der Waals surface area (Å²) in [6.45, 7) is 0.667. The Labute approximate surface area is 133 Å². The van der Waals surface area contributed by atoms with E-state index in [4.69, 9.17) is 0 Å². The Bertz CT molecular complexity index is 740. The van der Waals surface area contributed by atoms with Crippen LogP contribution < -0.4 is 16.0 Å². The lowest BCUT2D eigenvalue weighted by Gasteiger charge is -2.12. The Hall–Kier alpha value is -2.38. The monoisotopic (exact) mass is 316 g/mol. The molecule has 0 spiro atoms. The molecule has 1 fully saturated rings. The van der Waals surface area contributed by atoms with E-state index in [0.29, 0.717) is 18.7 Å². The third-order valence-electron chi connectivity index (χ3n) is 4.06. The number of aromatic nitrogens is 1. The Morgan fingerprint density at radius 1 is 1.39 bits per heavy atom. The van der Waals surface area contributed by atoms with E-state index in [0.717, 1.165) is 10.9 Å². The molecule has 4 N–H and O–H groups in total. The summed E-state index contributed by atoms with van der Waals surface area (Å²) in [7, 11) is 1.60. The molecule has 7 nitrogen and oxygen atoms in total. The number of nitrogens with one attached hydrogen (secondary N) is 3. The van der Waals surface area contributed by atoms with Crippen LogP contribution in [0.4, 0.5) is 5.69 Å². The number of β-amino-alcohol motifs (C(OH)–C–C–N with tert-alkyl or cyclic N) is 1. The van der Waals surface area contributed by atoms with Gasteiger partial charge in [-0.3, -0.25) is 9.59 Å². The summed E-state index contributed by atoms with van der Waals surface area (Å²) in [5.74, 6) is -0.244. The lowest BCUT2D eigenvalue weighted by molar-refractivity contribution is -0.121. The number of fused-ring (bicyclic) bond motifs is 1. The molecule has 1 aliphatic heterocycles. The number of carbonyl (C=O) groups excluding carboxylic acids is 2. The van der Waals surface area contributed by atoms with Crippen LogP contribution in [0.1, 0.15) is 6.42 Å². The van der Waals surface area contributed by atoms with Crippen molar-refractivity contribution in [3.8, 4) is 0 Å². The number of benzene rings is 1. The standard InChI is InChI=1S/C16H20N4O3/c1-17-15(22)9-20-5-4-10-2-3-11(6-14(10)20)19-16(23)13-7-12(21)8-18-13/h2-6,12-13,18,21H,7-9H2,1H3,(H,17,22)(H,19,23). The molecule has 1 aromatic heterocycles. The maximum absolute atomic E-state index is 12.2. The quantitative estimate of drug-likeness (QED) is 0.641. The summed E-state index contributed by atoms with van der Waals surface area (Å²) in [6, 6.07) is 7.14. The fourth-order valence-corrected chi connectivity index (χ4v) is 2.78. The van der Waals surface area contributed by atoms with Gasteiger partial charge >= 0.3 is 0 Å². The van der Waals surface area contributed by atoms with Crippen LogP contribution in [0, 0.1) is 0 Å². The van der Waals surface area contributed by atoms with E-state index in [1.807, 2.05) is 35.0 Å². The molecule has 0 aliphatic carbocycles. The van der Waals surface area contributed by atoms with Crippen LogP contribution in [-0.2, 0) is 16.1 Å². The summed E-state index contributed by atoms with van der Waals surface area (Å²) >= 11 is 0. The smallest absolute Gasteiger partial charge is 0.241 e. The van der Waals surface area contributed by atoms with Crippen molar-refractivity contribution < 1.29 is 14.7 Å². The number of nitrogens with zero attached hydrogens (tertiary/aromatic N) is 1. The van der Waals surface area contributed by atoms with E-state index in [1.54, 1.807) is 7.05 Å². The minimum absolute atomic E-state index is 0.0823. The molecule has 2 atom stereocenters. The van der Waals surface area contributed by atoms with Crippen molar-refractivity contribution in [2.45, 2.75) is 25.1 Å². The van der Waals surface area contributed by atoms with E-state index >= 15 is 0 Å². The van der Waals surface area contributed by atoms with Crippen LogP contribution >= 0.6 is 0 Å². The van der Waals surface area contributed by atoms with Crippen LogP contribution in [-0.4, -0.2) is 47.2 Å². The highest BCUT2D eigenvalue weighted by molar-refractivity contribution is 5.97. The molecule has 2 aromatic rings. The lowest BCUT2D eigenvalue weighted by atomic mass is 10.2. The zero-order valence-corrected chi connectivity index (χ0v) is 12.9. The van der Waals surface area contributed by atoms with E-state index in [9.17, 15) is 14.7 Å². The minimum atomic E-state index is -0.474. The Kier molecular flexibility index (Phi) is 4.31. The van der Waals surface area contributed by atoms with E-state index < -0.39 is 6.10 Å². The molecular formula is C16H20N4O3. The molecule has 2 amide bonds. The van der Waals surface area contributed by atoms with Crippen molar-refractivity contribution in [3.63, 3.8) is 0 Å². The van der Waals surface area contributed by atoms with Crippen molar-refractivity contribution in [1.29, 1.82) is 0 Å². The zero-order valence-electron chi connectivity index (χ0n) is 12.9. The molecule has 2 unspecified atom stereocenters. The van der Waals surface area contributed by atoms with Gasteiger partial charge in [0.15, 0.2) is 0 Å². The third kappa shape index (κ3) is 3.35. The molecule has 23 heavy (non-hydrogen) atoms. The summed E-state index contributed by atoms with van der Waals surface area (Å²) in [5, 5.41) is 18.9. The highest BCUT2D eigenvalue weighted by Crippen LogP contribution is 2.21. The fraction of sp³-hybridized carbons (Fsp3) is 0.375. The number of hydrogen-bond donors (Lipinski definition) is 4. The molecule has 1 saturated heterocycles. The van der Waals surface area contributed by atoms with Gasteiger partial charge in [0, 0.05) is 25.5 Å². The largest absolute Gasteiger partial charge is 0.392 e. The van der Waals surface area contributed by atoms with Crippen molar-refractivity contribution in [3.05, 3.63) is 30.5 Å². The first-order valence-electron chi connectivity index (χ1n) is 7.58. The van der Waals surface area contributed by atoms with Gasteiger partial charge in [-0.1, -0.05) is 6.07 Å². The molecule has 0 radical (unpaired) electrons. The predicted octanol–water partition coefficient (Wildman–Crippen LogP) is 0.0486. The van der Waals surface area contributed by atoms with Gasteiger partial charge in [-0.15, -0.1) is 0 Å². The summed E-state index contributed by atoms with van der Waals surface area (Å²) in [6.07, 6.45) is 1.79. The minimum Gasteiger partial charge on any atom is -0.392 e. The van der Waals surface area contributed by atoms with Gasteiger partial charge in [0.05, 0.1) is 17.7 Å². The first-order chi connectivity index (χ1) is 11.1. The maximum atomic E-state index is 12.2. The second kappa shape index (κ2) is 6.39. The summed E-state index contributed by atoms with van der Waals surface area (Å²) < 4.78 is 1.83. The van der Waals surface area contributed by atoms with Gasteiger partial charge < -0.3 is 25.6 Å². The van der Waals surface area contributed by atoms with E-state index in [1.165, 1.54) is 0 Å². The second-order valence-electron chi connectivity index (χ2n) is 5.73. The number of amides is 2. The van der Waals surface area contributed by atoms with Crippen LogP contribution in [0.3, 0.4) is 0 Å². The highest BCUT2D eigenvalue weighted by Gasteiger charge is 2.28. The summed E-state index contributed by atoms with van der Waals surface area (Å²) in [4.78, 5) is 23.7. The topological polar surface area (TPSA) is 95.4 Å². The molecule has 0 saturated carbocycles. The van der Waals surface area contributed by atoms with Crippen LogP contribution in [0.5, 0.6) is 0 Å². The predicted molar refractivity (Wildman–Crippen MR) is 87.0 cm³/mol. The molecule has 7 heteroatoms. The van der Waals surface area contributed by atoms with Gasteiger partial charge in [0.1, 0.15) is 6.54 Å². The zero-order chi connectivity index (χ0) is 16.4. The molecule has 1 aromatic carbocycles. The second-order valence-corrected chi connectivity index (χ2v) is 5.73. The third-order valence-corrected chi connectivity index (χ3v) is 4.06. The molecule has 1 aliphatic rings. The number of anilines is 1. The normalized spacial score (nSPS) is 20.6. The maximum Gasteiger partial charge on any atom is 0.241 e. The fourth-order valence-electron chi connectivity index (χ4n) is 2.78. The number of aliphatic hydroxyl groups is 1. The number of hydrogen-bond acceptors (Lipinski definition) is 4. The SMILES string of the molecule is CNC(=O)Cn1ccc2ccc(NC(=O)C3CC(O)CN3)cc21. The lowest BCUT2D eigenvalue weighted by Crippen LogP contribution is -2.35. The van der Waals surface area contributed by atoms with Gasteiger partial charge in [-0.2, -0.15) is 0 Å². The number of carbonyl (C=O) groups is 2. The van der Waals surface area contributed by atoms with Crippen LogP contribution in [0.15, 0.2) is 30.5 Å². The van der Waals surface area contributed by atoms with Crippen molar-refractivity contribution in [1.82, 2.24) is 15.2 Å². The number of likely N-dealkylation sites (N-methyl/N-ethyl adjacent to an activating group) is 1.